The van der Waals surface area contributed by atoms with Crippen LogP contribution >= 0.6 is 0 Å². The normalized spacial score (nSPS) is 16.3. The lowest BCUT2D eigenvalue weighted by Gasteiger charge is -2.36. The molecule has 1 saturated heterocycles. The third-order valence-electron chi connectivity index (χ3n) is 9.06. The molecular formula is C39H49N5O5. The van der Waals surface area contributed by atoms with Gasteiger partial charge in [0.15, 0.2) is 0 Å². The Morgan fingerprint density at radius 2 is 1.41 bits per heavy atom. The standard InChI is InChI=1S/C39H49N5O5/c1-5-34(45)41-33(37(47)44-21-19-43(20-22-44)26-28-11-7-6-8-12-28)23-27-15-17-32(18-16-27)40-36(46)35(42-38(48)49-39(2,3)4)31-24-29-13-9-10-14-30(29)25-31/h6-18,31,33,35H,5,19-26H2,1-4H3,(H,40,46)(H,41,45)(H,42,48). The third-order valence-corrected chi connectivity index (χ3v) is 9.06. The molecule has 2 unspecified atom stereocenters. The van der Waals surface area contributed by atoms with Crippen molar-refractivity contribution in [3.8, 4) is 0 Å². The Bertz CT molecular complexity index is 1570. The van der Waals surface area contributed by atoms with Crippen molar-refractivity contribution in [1.29, 1.82) is 0 Å². The number of carbonyl (C=O) groups excluding carboxylic acids is 4. The van der Waals surface area contributed by atoms with E-state index in [1.807, 2.05) is 47.4 Å². The summed E-state index contributed by atoms with van der Waals surface area (Å²) >= 11 is 0. The van der Waals surface area contributed by atoms with Crippen LogP contribution in [0.25, 0.3) is 0 Å². The molecule has 1 heterocycles. The Kier molecular flexibility index (Phi) is 11.7. The lowest BCUT2D eigenvalue weighted by atomic mass is 9.95. The molecule has 3 aromatic carbocycles. The first-order chi connectivity index (χ1) is 23.5. The van der Waals surface area contributed by atoms with E-state index in [1.54, 1.807) is 39.8 Å². The van der Waals surface area contributed by atoms with Gasteiger partial charge in [-0.1, -0.05) is 73.7 Å². The van der Waals surface area contributed by atoms with Gasteiger partial charge in [-0.25, -0.2) is 4.79 Å². The second-order valence-corrected chi connectivity index (χ2v) is 14.0. The summed E-state index contributed by atoms with van der Waals surface area (Å²) in [6.07, 6.45) is 1.31. The first-order valence-electron chi connectivity index (χ1n) is 17.3. The van der Waals surface area contributed by atoms with Crippen LogP contribution in [0.15, 0.2) is 78.9 Å². The van der Waals surface area contributed by atoms with Gasteiger partial charge >= 0.3 is 6.09 Å². The second-order valence-electron chi connectivity index (χ2n) is 14.0. The highest BCUT2D eigenvalue weighted by molar-refractivity contribution is 5.97. The number of fused-ring (bicyclic) bond motifs is 1. The number of nitrogens with zero attached hydrogens (tertiary/aromatic N) is 2. The van der Waals surface area contributed by atoms with Gasteiger partial charge in [0.1, 0.15) is 17.7 Å². The van der Waals surface area contributed by atoms with Crippen molar-refractivity contribution in [2.75, 3.05) is 31.5 Å². The zero-order chi connectivity index (χ0) is 35.0. The summed E-state index contributed by atoms with van der Waals surface area (Å²) in [7, 11) is 0. The molecule has 2 aliphatic rings. The molecule has 3 aromatic rings. The van der Waals surface area contributed by atoms with Crippen LogP contribution < -0.4 is 16.0 Å². The summed E-state index contributed by atoms with van der Waals surface area (Å²) in [6, 6.07) is 24.2. The highest BCUT2D eigenvalue weighted by Crippen LogP contribution is 2.29. The van der Waals surface area contributed by atoms with Gasteiger partial charge in [-0.05, 0) is 73.9 Å². The number of piperazine rings is 1. The maximum Gasteiger partial charge on any atom is 0.408 e. The van der Waals surface area contributed by atoms with E-state index in [1.165, 1.54) is 16.7 Å². The number of ether oxygens (including phenoxy) is 1. The van der Waals surface area contributed by atoms with Crippen LogP contribution in [0.2, 0.25) is 0 Å². The molecule has 0 aromatic heterocycles. The van der Waals surface area contributed by atoms with E-state index in [-0.39, 0.29) is 30.1 Å². The van der Waals surface area contributed by atoms with Crippen LogP contribution in [0, 0.1) is 5.92 Å². The van der Waals surface area contributed by atoms with Crippen molar-refractivity contribution in [2.45, 2.75) is 77.6 Å². The quantitative estimate of drug-likeness (QED) is 0.273. The van der Waals surface area contributed by atoms with Gasteiger partial charge in [0.05, 0.1) is 0 Å². The molecule has 10 heteroatoms. The SMILES string of the molecule is CCC(=O)NC(Cc1ccc(NC(=O)C(NC(=O)OC(C)(C)C)C2Cc3ccccc3C2)cc1)C(=O)N1CCN(Cc2ccccc2)CC1. The Balaban J connectivity index is 1.21. The number of benzene rings is 3. The highest BCUT2D eigenvalue weighted by atomic mass is 16.6. The lowest BCUT2D eigenvalue weighted by molar-refractivity contribution is -0.138. The van der Waals surface area contributed by atoms with Gasteiger partial charge in [0.25, 0.3) is 0 Å². The number of hydrogen-bond donors (Lipinski definition) is 3. The van der Waals surface area contributed by atoms with Crippen molar-refractivity contribution in [3.63, 3.8) is 0 Å². The average molecular weight is 668 g/mol. The van der Waals surface area contributed by atoms with Crippen LogP contribution in [0.4, 0.5) is 10.5 Å². The lowest BCUT2D eigenvalue weighted by Crippen LogP contribution is -2.55. The largest absolute Gasteiger partial charge is 0.444 e. The fraction of sp³-hybridized carbons (Fsp3) is 0.436. The fourth-order valence-electron chi connectivity index (χ4n) is 6.53. The van der Waals surface area contributed by atoms with Crippen LogP contribution in [0.3, 0.4) is 0 Å². The zero-order valence-corrected chi connectivity index (χ0v) is 29.0. The fourth-order valence-corrected chi connectivity index (χ4v) is 6.53. The predicted molar refractivity (Wildman–Crippen MR) is 190 cm³/mol. The van der Waals surface area contributed by atoms with E-state index in [0.717, 1.165) is 25.2 Å². The summed E-state index contributed by atoms with van der Waals surface area (Å²) in [5.41, 5.74) is 4.31. The molecule has 1 fully saturated rings. The van der Waals surface area contributed by atoms with Gasteiger partial charge in [-0.3, -0.25) is 19.3 Å². The average Bonchev–Trinajstić information content (AvgIpc) is 3.51. The monoisotopic (exact) mass is 667 g/mol. The van der Waals surface area contributed by atoms with E-state index in [9.17, 15) is 19.2 Å². The molecular weight excluding hydrogens is 618 g/mol. The minimum Gasteiger partial charge on any atom is -0.444 e. The number of amides is 4. The topological polar surface area (TPSA) is 120 Å². The molecule has 260 valence electrons. The van der Waals surface area contributed by atoms with Crippen LogP contribution in [-0.2, 0) is 44.9 Å². The minimum atomic E-state index is -0.804. The van der Waals surface area contributed by atoms with Crippen LogP contribution in [0.1, 0.15) is 56.4 Å². The summed E-state index contributed by atoms with van der Waals surface area (Å²) in [4.78, 5) is 56.8. The highest BCUT2D eigenvalue weighted by Gasteiger charge is 2.36. The van der Waals surface area contributed by atoms with Crippen LogP contribution in [0.5, 0.6) is 0 Å². The molecule has 4 amide bonds. The Labute approximate surface area is 289 Å². The van der Waals surface area contributed by atoms with E-state index >= 15 is 0 Å². The molecule has 0 spiro atoms. The Hall–Kier alpha value is -4.70. The predicted octanol–water partition coefficient (Wildman–Crippen LogP) is 4.72. The van der Waals surface area contributed by atoms with Gasteiger partial charge in [0, 0.05) is 51.3 Å². The van der Waals surface area contributed by atoms with Crippen molar-refractivity contribution in [1.82, 2.24) is 20.4 Å². The number of anilines is 1. The van der Waals surface area contributed by atoms with Gasteiger partial charge in [0.2, 0.25) is 17.7 Å². The number of carbonyl (C=O) groups is 4. The Morgan fingerprint density at radius 3 is 2.00 bits per heavy atom. The smallest absolute Gasteiger partial charge is 0.408 e. The van der Waals surface area contributed by atoms with Crippen molar-refractivity contribution < 1.29 is 23.9 Å². The summed E-state index contributed by atoms with van der Waals surface area (Å²) in [5, 5.41) is 8.74. The number of alkyl carbamates (subject to hydrolysis) is 1. The molecule has 1 aliphatic heterocycles. The number of rotatable bonds is 11. The molecule has 49 heavy (non-hydrogen) atoms. The molecule has 2 atom stereocenters. The molecule has 1 aliphatic carbocycles. The third kappa shape index (κ3) is 10.2. The maximum atomic E-state index is 13.7. The maximum absolute atomic E-state index is 13.7. The summed E-state index contributed by atoms with van der Waals surface area (Å²) in [6.45, 7) is 10.7. The van der Waals surface area contributed by atoms with Crippen LogP contribution in [-0.4, -0.2) is 77.5 Å². The van der Waals surface area contributed by atoms with Crippen molar-refractivity contribution >= 4 is 29.5 Å². The molecule has 0 bridgehead atoms. The Morgan fingerprint density at radius 1 is 0.796 bits per heavy atom. The number of nitrogens with one attached hydrogen (secondary N) is 3. The van der Waals surface area contributed by atoms with Gasteiger partial charge in [-0.2, -0.15) is 0 Å². The van der Waals surface area contributed by atoms with Crippen molar-refractivity contribution in [3.05, 3.63) is 101 Å². The van der Waals surface area contributed by atoms with E-state index in [2.05, 4.69) is 45.1 Å². The second kappa shape index (κ2) is 16.1. The first-order valence-corrected chi connectivity index (χ1v) is 17.3. The summed E-state index contributed by atoms with van der Waals surface area (Å²) in [5.74, 6) is -0.723. The van der Waals surface area contributed by atoms with Gasteiger partial charge < -0.3 is 25.6 Å². The molecule has 3 N–H and O–H groups in total. The molecule has 0 radical (unpaired) electrons. The van der Waals surface area contributed by atoms with Crippen molar-refractivity contribution in [2.24, 2.45) is 5.92 Å². The minimum absolute atomic E-state index is 0.0906. The zero-order valence-electron chi connectivity index (χ0n) is 29.0. The summed E-state index contributed by atoms with van der Waals surface area (Å²) < 4.78 is 5.49. The van der Waals surface area contributed by atoms with E-state index in [0.29, 0.717) is 38.0 Å². The molecule has 0 saturated carbocycles. The van der Waals surface area contributed by atoms with E-state index in [4.69, 9.17) is 4.74 Å². The number of hydrogen-bond acceptors (Lipinski definition) is 6. The molecule has 5 rings (SSSR count). The molecule has 10 nitrogen and oxygen atoms in total. The first kappa shape index (κ1) is 35.6. The van der Waals surface area contributed by atoms with Gasteiger partial charge in [-0.15, -0.1) is 0 Å². The van der Waals surface area contributed by atoms with E-state index < -0.39 is 23.8 Å².